The molecule has 0 spiro atoms. The Kier molecular flexibility index (Phi) is 4.36. The van der Waals surface area contributed by atoms with Crippen LogP contribution in [0.25, 0.3) is 21.9 Å². The smallest absolute Gasteiger partial charge is 0.160 e. The molecule has 0 saturated carbocycles. The second kappa shape index (κ2) is 6.45. The van der Waals surface area contributed by atoms with Crippen LogP contribution in [0.1, 0.15) is 11.3 Å². The number of hydrogen-bond donors (Lipinski definition) is 1. The molecule has 6 heteroatoms. The number of rotatable bonds is 3. The fraction of sp³-hybridized carbons (Fsp3) is 0.167. The molecule has 0 bridgehead atoms. The number of hydrogen-bond acceptors (Lipinski definition) is 4. The van der Waals surface area contributed by atoms with Crippen LogP contribution >= 0.6 is 12.4 Å². The maximum Gasteiger partial charge on any atom is 0.160 e. The minimum atomic E-state index is 0. The molecule has 0 radical (unpaired) electrons. The molecule has 3 heterocycles. The van der Waals surface area contributed by atoms with Crippen LogP contribution in [0.4, 0.5) is 5.69 Å². The van der Waals surface area contributed by atoms with Gasteiger partial charge in [0.25, 0.3) is 0 Å². The molecular formula is C18H18ClN5. The van der Waals surface area contributed by atoms with Gasteiger partial charge in [-0.05, 0) is 24.6 Å². The summed E-state index contributed by atoms with van der Waals surface area (Å²) in [6.45, 7) is 2.74. The second-order valence-corrected chi connectivity index (χ2v) is 5.63. The van der Waals surface area contributed by atoms with Gasteiger partial charge in [0.15, 0.2) is 5.65 Å². The molecule has 0 aliphatic carbocycles. The summed E-state index contributed by atoms with van der Waals surface area (Å²) in [6, 6.07) is 12.2. The van der Waals surface area contributed by atoms with E-state index in [1.807, 2.05) is 49.1 Å². The topological polar surface area (TPSA) is 55.6 Å². The second-order valence-electron chi connectivity index (χ2n) is 5.63. The van der Waals surface area contributed by atoms with Crippen LogP contribution in [0, 0.1) is 6.92 Å². The van der Waals surface area contributed by atoms with Gasteiger partial charge in [-0.2, -0.15) is 5.10 Å². The van der Waals surface area contributed by atoms with Crippen LogP contribution < -0.4 is 5.32 Å². The Hall–Kier alpha value is -2.66. The zero-order valence-electron chi connectivity index (χ0n) is 13.5. The molecule has 0 aliphatic rings. The van der Waals surface area contributed by atoms with Gasteiger partial charge in [0.2, 0.25) is 0 Å². The van der Waals surface area contributed by atoms with E-state index in [1.54, 1.807) is 6.20 Å². The Balaban J connectivity index is 0.00000169. The first-order valence-electron chi connectivity index (χ1n) is 7.59. The predicted octanol–water partition coefficient (Wildman–Crippen LogP) is 3.86. The zero-order valence-corrected chi connectivity index (χ0v) is 14.3. The van der Waals surface area contributed by atoms with Crippen LogP contribution in [-0.4, -0.2) is 19.7 Å². The lowest BCUT2D eigenvalue weighted by atomic mass is 10.1. The molecule has 0 saturated heterocycles. The fourth-order valence-corrected chi connectivity index (χ4v) is 2.97. The van der Waals surface area contributed by atoms with E-state index in [2.05, 4.69) is 27.5 Å². The van der Waals surface area contributed by atoms with Crippen molar-refractivity contribution in [2.45, 2.75) is 13.5 Å². The number of fused-ring (bicyclic) bond motifs is 2. The molecule has 0 amide bonds. The number of para-hydroxylation sites is 1. The molecule has 24 heavy (non-hydrogen) atoms. The molecule has 0 atom stereocenters. The third-order valence-corrected chi connectivity index (χ3v) is 4.03. The Morgan fingerprint density at radius 2 is 1.96 bits per heavy atom. The Bertz CT molecular complexity index is 995. The van der Waals surface area contributed by atoms with Gasteiger partial charge in [-0.25, -0.2) is 4.98 Å². The monoisotopic (exact) mass is 339 g/mol. The van der Waals surface area contributed by atoms with Gasteiger partial charge in [0.05, 0.1) is 22.3 Å². The first-order chi connectivity index (χ1) is 11.2. The van der Waals surface area contributed by atoms with Gasteiger partial charge in [0.1, 0.15) is 0 Å². The molecule has 0 fully saturated rings. The van der Waals surface area contributed by atoms with E-state index in [0.717, 1.165) is 38.9 Å². The fourth-order valence-electron chi connectivity index (χ4n) is 2.97. The summed E-state index contributed by atoms with van der Waals surface area (Å²) >= 11 is 0. The van der Waals surface area contributed by atoms with Crippen molar-refractivity contribution in [2.75, 3.05) is 5.32 Å². The van der Waals surface area contributed by atoms with Crippen molar-refractivity contribution < 1.29 is 0 Å². The van der Waals surface area contributed by atoms with Crippen LogP contribution in [0.15, 0.2) is 48.8 Å². The van der Waals surface area contributed by atoms with Crippen molar-refractivity contribution in [1.29, 1.82) is 0 Å². The summed E-state index contributed by atoms with van der Waals surface area (Å²) in [5.41, 5.74) is 5.07. The number of halogens is 1. The number of anilines is 1. The molecule has 4 aromatic rings. The largest absolute Gasteiger partial charge is 0.380 e. The van der Waals surface area contributed by atoms with Gasteiger partial charge in [-0.15, -0.1) is 12.4 Å². The van der Waals surface area contributed by atoms with E-state index in [0.29, 0.717) is 6.54 Å². The quantitative estimate of drug-likeness (QED) is 0.616. The van der Waals surface area contributed by atoms with Crippen LogP contribution in [0.2, 0.25) is 0 Å². The van der Waals surface area contributed by atoms with Gasteiger partial charge in [0, 0.05) is 31.4 Å². The van der Waals surface area contributed by atoms with Gasteiger partial charge >= 0.3 is 0 Å². The van der Waals surface area contributed by atoms with Crippen molar-refractivity contribution in [3.63, 3.8) is 0 Å². The zero-order chi connectivity index (χ0) is 15.8. The Morgan fingerprint density at radius 1 is 1.12 bits per heavy atom. The molecule has 122 valence electrons. The normalized spacial score (nSPS) is 10.8. The van der Waals surface area contributed by atoms with Crippen molar-refractivity contribution >= 4 is 40.0 Å². The van der Waals surface area contributed by atoms with Crippen molar-refractivity contribution in [2.24, 2.45) is 7.05 Å². The lowest BCUT2D eigenvalue weighted by Gasteiger charge is -2.12. The number of aryl methyl sites for hydroxylation is 2. The highest BCUT2D eigenvalue weighted by molar-refractivity contribution is 6.07. The standard InChI is InChI=1S/C18H17N5.ClH/c1-12-16-17(20-11-13-6-5-9-19-10-13)14-7-3-4-8-15(14)21-18(16)23(2)22-12;/h3-10H,11H2,1-2H3,(H,20,21);1H. The molecule has 1 N–H and O–H groups in total. The summed E-state index contributed by atoms with van der Waals surface area (Å²) in [5, 5.41) is 10.3. The molecule has 3 aromatic heterocycles. The summed E-state index contributed by atoms with van der Waals surface area (Å²) < 4.78 is 1.84. The van der Waals surface area contributed by atoms with Crippen LogP contribution in [0.5, 0.6) is 0 Å². The highest BCUT2D eigenvalue weighted by atomic mass is 35.5. The third kappa shape index (κ3) is 2.67. The van der Waals surface area contributed by atoms with Gasteiger partial charge in [-0.3, -0.25) is 9.67 Å². The summed E-state index contributed by atoms with van der Waals surface area (Å²) in [7, 11) is 1.93. The van der Waals surface area contributed by atoms with Gasteiger partial charge in [-0.1, -0.05) is 24.3 Å². The molecule has 0 aliphatic heterocycles. The van der Waals surface area contributed by atoms with E-state index in [4.69, 9.17) is 4.98 Å². The third-order valence-electron chi connectivity index (χ3n) is 4.03. The van der Waals surface area contributed by atoms with Crippen molar-refractivity contribution in [3.05, 3.63) is 60.0 Å². The first-order valence-corrected chi connectivity index (χ1v) is 7.59. The molecule has 1 aromatic carbocycles. The average Bonchev–Trinajstić information content (AvgIpc) is 2.87. The summed E-state index contributed by atoms with van der Waals surface area (Å²) in [6.07, 6.45) is 3.67. The highest BCUT2D eigenvalue weighted by Gasteiger charge is 2.15. The summed E-state index contributed by atoms with van der Waals surface area (Å²) in [5.74, 6) is 0. The number of aromatic nitrogens is 4. The Morgan fingerprint density at radius 3 is 2.75 bits per heavy atom. The predicted molar refractivity (Wildman–Crippen MR) is 99.6 cm³/mol. The van der Waals surface area contributed by atoms with E-state index >= 15 is 0 Å². The molecular weight excluding hydrogens is 322 g/mol. The van der Waals surface area contributed by atoms with Gasteiger partial charge < -0.3 is 5.32 Å². The van der Waals surface area contributed by atoms with E-state index in [9.17, 15) is 0 Å². The average molecular weight is 340 g/mol. The SMILES string of the molecule is Cc1nn(C)c2nc3ccccc3c(NCc3cccnc3)c12.Cl. The molecule has 5 nitrogen and oxygen atoms in total. The number of benzene rings is 1. The van der Waals surface area contributed by atoms with E-state index in [1.165, 1.54) is 0 Å². The number of pyridine rings is 2. The number of nitrogens with zero attached hydrogens (tertiary/aromatic N) is 4. The van der Waals surface area contributed by atoms with E-state index in [-0.39, 0.29) is 12.4 Å². The van der Waals surface area contributed by atoms with Crippen molar-refractivity contribution in [1.82, 2.24) is 19.7 Å². The lowest BCUT2D eigenvalue weighted by Crippen LogP contribution is -2.02. The first kappa shape index (κ1) is 16.2. The lowest BCUT2D eigenvalue weighted by molar-refractivity contribution is 0.775. The highest BCUT2D eigenvalue weighted by Crippen LogP contribution is 2.32. The van der Waals surface area contributed by atoms with Crippen LogP contribution in [0.3, 0.4) is 0 Å². The van der Waals surface area contributed by atoms with Crippen molar-refractivity contribution in [3.8, 4) is 0 Å². The molecule has 0 unspecified atom stereocenters. The number of nitrogens with one attached hydrogen (secondary N) is 1. The minimum absolute atomic E-state index is 0. The van der Waals surface area contributed by atoms with E-state index < -0.39 is 0 Å². The summed E-state index contributed by atoms with van der Waals surface area (Å²) in [4.78, 5) is 8.94. The minimum Gasteiger partial charge on any atom is -0.380 e. The Labute approximate surface area is 146 Å². The molecule has 4 rings (SSSR count). The van der Waals surface area contributed by atoms with Crippen LogP contribution in [-0.2, 0) is 13.6 Å². The maximum atomic E-state index is 4.76. The maximum absolute atomic E-state index is 4.76.